The molecule has 0 aliphatic carbocycles. The Morgan fingerprint density at radius 1 is 1.50 bits per heavy atom. The normalized spacial score (nSPS) is 8.90. The maximum absolute atomic E-state index is 10.1. The highest BCUT2D eigenvalue weighted by Gasteiger charge is 1.95. The molecule has 0 spiro atoms. The van der Waals surface area contributed by atoms with Crippen molar-refractivity contribution in [2.24, 2.45) is 0 Å². The van der Waals surface area contributed by atoms with Gasteiger partial charge < -0.3 is 0 Å². The Hall–Kier alpha value is -1.03. The fraction of sp³-hybridized carbons (Fsp3) is 0. The Morgan fingerprint density at radius 3 is 2.60 bits per heavy atom. The fourth-order valence-corrected chi connectivity index (χ4v) is 0.691. The van der Waals surface area contributed by atoms with Gasteiger partial charge in [-0.05, 0) is 12.1 Å². The van der Waals surface area contributed by atoms with E-state index in [1.165, 1.54) is 4.31 Å². The van der Waals surface area contributed by atoms with Gasteiger partial charge in [-0.2, -0.15) is 0 Å². The largest absolute Gasteiger partial charge is 0.277 e. The molecule has 0 aromatic carbocycles. The first-order chi connectivity index (χ1) is 4.84. The lowest BCUT2D eigenvalue weighted by molar-refractivity contribution is -0.106. The minimum absolute atomic E-state index is 0.623. The van der Waals surface area contributed by atoms with Crippen LogP contribution in [-0.2, 0) is 4.79 Å². The molecule has 1 aromatic heterocycles. The van der Waals surface area contributed by atoms with Gasteiger partial charge in [-0.3, -0.25) is 14.1 Å². The lowest BCUT2D eigenvalue weighted by atomic mass is 10.4. The fourth-order valence-electron chi connectivity index (χ4n) is 0.558. The molecule has 0 aliphatic rings. The topological polar surface area (TPSA) is 33.2 Å². The van der Waals surface area contributed by atoms with E-state index in [0.717, 1.165) is 0 Å². The van der Waals surface area contributed by atoms with E-state index in [2.05, 4.69) is 17.8 Å². The molecule has 0 atom stereocenters. The van der Waals surface area contributed by atoms with Crippen LogP contribution in [0.3, 0.4) is 0 Å². The van der Waals surface area contributed by atoms with E-state index in [0.29, 0.717) is 12.1 Å². The Morgan fingerprint density at radius 2 is 2.10 bits per heavy atom. The predicted molar refractivity (Wildman–Crippen MR) is 41.8 cm³/mol. The van der Waals surface area contributed by atoms with Gasteiger partial charge in [0.2, 0.25) is 6.41 Å². The quantitative estimate of drug-likeness (QED) is 0.507. The third kappa shape index (κ3) is 1.48. The molecule has 1 rings (SSSR count). The van der Waals surface area contributed by atoms with Crippen molar-refractivity contribution in [1.82, 2.24) is 4.98 Å². The Balaban J connectivity index is 2.84. The molecule has 4 heteroatoms. The molecule has 0 N–H and O–H groups in total. The van der Waals surface area contributed by atoms with E-state index in [1.807, 2.05) is 0 Å². The standard InChI is InChI=1S/C6H6N2OS/c9-5-8(10)6-1-3-7-4-2-6/h1-5,10H. The van der Waals surface area contributed by atoms with Crippen LogP contribution < -0.4 is 4.31 Å². The number of hydrogen-bond donors (Lipinski definition) is 1. The lowest BCUT2D eigenvalue weighted by Crippen LogP contribution is -2.05. The number of carbonyl (C=O) groups excluding carboxylic acids is 1. The van der Waals surface area contributed by atoms with Crippen LogP contribution in [0.5, 0.6) is 0 Å². The van der Waals surface area contributed by atoms with Gasteiger partial charge in [0.1, 0.15) is 0 Å². The number of aromatic nitrogens is 1. The number of anilines is 1. The van der Waals surface area contributed by atoms with Crippen molar-refractivity contribution < 1.29 is 4.79 Å². The summed E-state index contributed by atoms with van der Waals surface area (Å²) in [5, 5.41) is 0. The molecule has 0 unspecified atom stereocenters. The maximum atomic E-state index is 10.1. The zero-order valence-electron chi connectivity index (χ0n) is 5.14. The number of thiol groups is 1. The summed E-state index contributed by atoms with van der Waals surface area (Å²) < 4.78 is 1.18. The van der Waals surface area contributed by atoms with Crippen LogP contribution in [0.4, 0.5) is 5.69 Å². The van der Waals surface area contributed by atoms with Gasteiger partial charge in [0, 0.05) is 12.4 Å². The number of amides is 1. The summed E-state index contributed by atoms with van der Waals surface area (Å²) in [5.41, 5.74) is 0.716. The van der Waals surface area contributed by atoms with Crippen molar-refractivity contribution >= 4 is 24.9 Å². The van der Waals surface area contributed by atoms with Crippen molar-refractivity contribution in [1.29, 1.82) is 0 Å². The van der Waals surface area contributed by atoms with E-state index in [1.54, 1.807) is 24.5 Å². The molecule has 10 heavy (non-hydrogen) atoms. The molecule has 52 valence electrons. The third-order valence-corrected chi connectivity index (χ3v) is 1.35. The molecule has 0 bridgehead atoms. The van der Waals surface area contributed by atoms with Crippen molar-refractivity contribution in [3.8, 4) is 0 Å². The summed E-state index contributed by atoms with van der Waals surface area (Å²) in [4.78, 5) is 13.9. The molecule has 1 aromatic rings. The molecule has 0 saturated heterocycles. The molecular weight excluding hydrogens is 148 g/mol. The van der Waals surface area contributed by atoms with Gasteiger partial charge >= 0.3 is 0 Å². The Labute approximate surface area is 64.2 Å². The predicted octanol–water partition coefficient (Wildman–Crippen LogP) is 0.889. The number of hydrogen-bond acceptors (Lipinski definition) is 3. The SMILES string of the molecule is O=CN(S)c1ccncc1. The van der Waals surface area contributed by atoms with Crippen LogP contribution in [0.15, 0.2) is 24.5 Å². The van der Waals surface area contributed by atoms with E-state index in [-0.39, 0.29) is 0 Å². The highest BCUT2D eigenvalue weighted by atomic mass is 32.1. The Kier molecular flexibility index (Phi) is 2.28. The van der Waals surface area contributed by atoms with Gasteiger partial charge in [-0.15, -0.1) is 0 Å². The summed E-state index contributed by atoms with van der Waals surface area (Å²) >= 11 is 3.86. The number of nitrogens with zero attached hydrogens (tertiary/aromatic N) is 2. The average molecular weight is 154 g/mol. The molecular formula is C6H6N2OS. The van der Waals surface area contributed by atoms with Crippen molar-refractivity contribution in [2.45, 2.75) is 0 Å². The second-order valence-corrected chi connectivity index (χ2v) is 2.09. The van der Waals surface area contributed by atoms with Gasteiger partial charge in [0.25, 0.3) is 0 Å². The summed E-state index contributed by atoms with van der Waals surface area (Å²) in [6, 6.07) is 3.39. The van der Waals surface area contributed by atoms with E-state index in [9.17, 15) is 4.79 Å². The van der Waals surface area contributed by atoms with Gasteiger partial charge in [-0.25, -0.2) is 0 Å². The van der Waals surface area contributed by atoms with Crippen LogP contribution >= 0.6 is 12.8 Å². The molecule has 1 amide bonds. The minimum atomic E-state index is 0.623. The lowest BCUT2D eigenvalue weighted by Gasteiger charge is -2.06. The first-order valence-electron chi connectivity index (χ1n) is 2.68. The monoisotopic (exact) mass is 154 g/mol. The highest BCUT2D eigenvalue weighted by molar-refractivity contribution is 7.82. The summed E-state index contributed by atoms with van der Waals surface area (Å²) in [7, 11) is 0. The van der Waals surface area contributed by atoms with Crippen molar-refractivity contribution in [2.75, 3.05) is 4.31 Å². The van der Waals surface area contributed by atoms with Crippen molar-refractivity contribution in [3.63, 3.8) is 0 Å². The van der Waals surface area contributed by atoms with Crippen molar-refractivity contribution in [3.05, 3.63) is 24.5 Å². The van der Waals surface area contributed by atoms with Crippen LogP contribution in [0.1, 0.15) is 0 Å². The van der Waals surface area contributed by atoms with Gasteiger partial charge in [0.05, 0.1) is 5.69 Å². The van der Waals surface area contributed by atoms with Crippen LogP contribution in [-0.4, -0.2) is 11.4 Å². The Bertz CT molecular complexity index is 214. The van der Waals surface area contributed by atoms with Crippen LogP contribution in [0.2, 0.25) is 0 Å². The smallest absolute Gasteiger partial charge is 0.224 e. The van der Waals surface area contributed by atoms with Gasteiger partial charge in [0.15, 0.2) is 0 Å². The van der Waals surface area contributed by atoms with Gasteiger partial charge in [-0.1, -0.05) is 12.8 Å². The number of carbonyl (C=O) groups is 1. The average Bonchev–Trinajstić information content (AvgIpc) is 2.05. The van der Waals surface area contributed by atoms with Crippen LogP contribution in [0, 0.1) is 0 Å². The van der Waals surface area contributed by atoms with E-state index in [4.69, 9.17) is 0 Å². The molecule has 0 saturated carbocycles. The van der Waals surface area contributed by atoms with E-state index >= 15 is 0 Å². The zero-order valence-corrected chi connectivity index (χ0v) is 6.03. The molecule has 1 heterocycles. The maximum Gasteiger partial charge on any atom is 0.224 e. The molecule has 0 aliphatic heterocycles. The number of pyridine rings is 1. The van der Waals surface area contributed by atoms with Crippen LogP contribution in [0.25, 0.3) is 0 Å². The first kappa shape index (κ1) is 7.08. The summed E-state index contributed by atoms with van der Waals surface area (Å²) in [5.74, 6) is 0. The molecule has 3 nitrogen and oxygen atoms in total. The molecule has 0 radical (unpaired) electrons. The summed E-state index contributed by atoms with van der Waals surface area (Å²) in [6.07, 6.45) is 3.82. The highest BCUT2D eigenvalue weighted by Crippen LogP contribution is 2.10. The second kappa shape index (κ2) is 3.22. The zero-order chi connectivity index (χ0) is 7.40. The minimum Gasteiger partial charge on any atom is -0.277 e. The third-order valence-electron chi connectivity index (χ3n) is 1.03. The molecule has 0 fully saturated rings. The summed E-state index contributed by atoms with van der Waals surface area (Å²) in [6.45, 7) is 0. The number of rotatable bonds is 2. The second-order valence-electron chi connectivity index (χ2n) is 1.66. The van der Waals surface area contributed by atoms with E-state index < -0.39 is 0 Å². The first-order valence-corrected chi connectivity index (χ1v) is 3.08.